The van der Waals surface area contributed by atoms with Gasteiger partial charge in [0.2, 0.25) is 0 Å². The second kappa shape index (κ2) is 4.58. The second-order valence-corrected chi connectivity index (χ2v) is 5.33. The first-order chi connectivity index (χ1) is 7.20. The van der Waals surface area contributed by atoms with Crippen molar-refractivity contribution in [2.24, 2.45) is 0 Å². The van der Waals surface area contributed by atoms with Crippen molar-refractivity contribution in [1.29, 1.82) is 0 Å². The van der Waals surface area contributed by atoms with Crippen molar-refractivity contribution in [3.05, 3.63) is 29.3 Å². The molecular formula is C13H19NS. The first-order valence-corrected chi connectivity index (χ1v) is 6.83. The van der Waals surface area contributed by atoms with Crippen LogP contribution in [0.4, 0.5) is 0 Å². The van der Waals surface area contributed by atoms with E-state index in [0.717, 1.165) is 6.54 Å². The van der Waals surface area contributed by atoms with E-state index in [-0.39, 0.29) is 0 Å². The van der Waals surface area contributed by atoms with Crippen LogP contribution in [0.5, 0.6) is 0 Å². The zero-order valence-corrected chi connectivity index (χ0v) is 10.6. The van der Waals surface area contributed by atoms with E-state index in [4.69, 9.17) is 0 Å². The maximum atomic E-state index is 2.54. The molecule has 0 saturated heterocycles. The molecule has 0 unspecified atom stereocenters. The minimum absolute atomic E-state index is 0.665. The number of thioether (sulfide) groups is 1. The Kier molecular flexibility index (Phi) is 3.37. The van der Waals surface area contributed by atoms with Crippen molar-refractivity contribution < 1.29 is 0 Å². The zero-order valence-electron chi connectivity index (χ0n) is 9.79. The summed E-state index contributed by atoms with van der Waals surface area (Å²) in [6, 6.07) is 7.57. The predicted molar refractivity (Wildman–Crippen MR) is 67.5 cm³/mol. The van der Waals surface area contributed by atoms with Crippen molar-refractivity contribution in [3.63, 3.8) is 0 Å². The summed E-state index contributed by atoms with van der Waals surface area (Å²) in [5.41, 5.74) is 3.08. The first-order valence-electron chi connectivity index (χ1n) is 5.60. The summed E-state index contributed by atoms with van der Waals surface area (Å²) in [6.07, 6.45) is 3.35. The quantitative estimate of drug-likeness (QED) is 0.706. The van der Waals surface area contributed by atoms with Crippen LogP contribution in [-0.4, -0.2) is 23.7 Å². The summed E-state index contributed by atoms with van der Waals surface area (Å²) in [6.45, 7) is 6.90. The molecular weight excluding hydrogens is 202 g/mol. The van der Waals surface area contributed by atoms with Crippen LogP contribution in [0.25, 0.3) is 0 Å². The topological polar surface area (TPSA) is 3.24 Å². The van der Waals surface area contributed by atoms with Gasteiger partial charge in [0.25, 0.3) is 0 Å². The summed E-state index contributed by atoms with van der Waals surface area (Å²) >= 11 is 1.84. The number of fused-ring (bicyclic) bond motifs is 1. The molecule has 0 aromatic heterocycles. The van der Waals surface area contributed by atoms with Crippen LogP contribution < -0.4 is 0 Å². The van der Waals surface area contributed by atoms with E-state index in [1.54, 1.807) is 5.56 Å². The molecule has 1 heterocycles. The number of nitrogens with zero attached hydrogens (tertiary/aromatic N) is 1. The molecule has 0 bridgehead atoms. The lowest BCUT2D eigenvalue weighted by atomic mass is 9.99. The highest BCUT2D eigenvalue weighted by Crippen LogP contribution is 2.25. The van der Waals surface area contributed by atoms with Gasteiger partial charge in [-0.1, -0.05) is 6.07 Å². The predicted octanol–water partition coefficient (Wildman–Crippen LogP) is 3.18. The Morgan fingerprint density at radius 3 is 2.73 bits per heavy atom. The Morgan fingerprint density at radius 1 is 1.27 bits per heavy atom. The molecule has 1 aliphatic rings. The van der Waals surface area contributed by atoms with E-state index in [1.165, 1.54) is 23.4 Å². The minimum Gasteiger partial charge on any atom is -0.296 e. The summed E-state index contributed by atoms with van der Waals surface area (Å²) in [7, 11) is 0. The lowest BCUT2D eigenvalue weighted by molar-refractivity contribution is 0.203. The molecule has 82 valence electrons. The molecule has 0 spiro atoms. The Balaban J connectivity index is 2.21. The van der Waals surface area contributed by atoms with Gasteiger partial charge < -0.3 is 0 Å². The molecule has 0 amide bonds. The van der Waals surface area contributed by atoms with Gasteiger partial charge in [-0.3, -0.25) is 4.90 Å². The van der Waals surface area contributed by atoms with Gasteiger partial charge in [-0.2, -0.15) is 0 Å². The monoisotopic (exact) mass is 221 g/mol. The molecule has 1 aromatic rings. The molecule has 15 heavy (non-hydrogen) atoms. The third-order valence-corrected chi connectivity index (χ3v) is 3.91. The average molecular weight is 221 g/mol. The van der Waals surface area contributed by atoms with Crippen molar-refractivity contribution in [2.45, 2.75) is 37.8 Å². The molecule has 0 fully saturated rings. The highest BCUT2D eigenvalue weighted by atomic mass is 32.2. The van der Waals surface area contributed by atoms with Crippen molar-refractivity contribution in [3.8, 4) is 0 Å². The van der Waals surface area contributed by atoms with E-state index in [0.29, 0.717) is 6.04 Å². The van der Waals surface area contributed by atoms with Crippen LogP contribution in [0.3, 0.4) is 0 Å². The fourth-order valence-electron chi connectivity index (χ4n) is 2.12. The number of benzene rings is 1. The molecule has 0 saturated carbocycles. The Labute approximate surface area is 96.9 Å². The van der Waals surface area contributed by atoms with Crippen LogP contribution in [0, 0.1) is 0 Å². The molecule has 2 heteroatoms. The average Bonchev–Trinajstić information content (AvgIpc) is 2.27. The lowest BCUT2D eigenvalue weighted by Gasteiger charge is -2.32. The maximum Gasteiger partial charge on any atom is 0.0239 e. The SMILES string of the molecule is CSc1ccc2c(c1)CCN(C(C)C)C2. The van der Waals surface area contributed by atoms with E-state index in [1.807, 2.05) is 11.8 Å². The maximum absolute atomic E-state index is 2.54. The van der Waals surface area contributed by atoms with E-state index < -0.39 is 0 Å². The van der Waals surface area contributed by atoms with Gasteiger partial charge in [0.15, 0.2) is 0 Å². The summed E-state index contributed by atoms with van der Waals surface area (Å²) in [5.74, 6) is 0. The van der Waals surface area contributed by atoms with Crippen LogP contribution in [0.2, 0.25) is 0 Å². The highest BCUT2D eigenvalue weighted by molar-refractivity contribution is 7.98. The van der Waals surface area contributed by atoms with Gasteiger partial charge in [0, 0.05) is 24.0 Å². The standard InChI is InChI=1S/C13H19NS/c1-10(2)14-7-6-11-8-13(15-3)5-4-12(11)9-14/h4-5,8,10H,6-7,9H2,1-3H3. The van der Waals surface area contributed by atoms with E-state index >= 15 is 0 Å². The van der Waals surface area contributed by atoms with Crippen LogP contribution >= 0.6 is 11.8 Å². The first kappa shape index (κ1) is 11.0. The Bertz CT molecular complexity index is 346. The minimum atomic E-state index is 0.665. The van der Waals surface area contributed by atoms with E-state index in [9.17, 15) is 0 Å². The molecule has 1 aliphatic heterocycles. The number of rotatable bonds is 2. The van der Waals surface area contributed by atoms with Gasteiger partial charge >= 0.3 is 0 Å². The molecule has 1 aromatic carbocycles. The summed E-state index contributed by atoms with van der Waals surface area (Å²) in [4.78, 5) is 3.94. The summed E-state index contributed by atoms with van der Waals surface area (Å²) < 4.78 is 0. The van der Waals surface area contributed by atoms with Gasteiger partial charge in [-0.05, 0) is 49.8 Å². The third kappa shape index (κ3) is 2.37. The molecule has 0 aliphatic carbocycles. The third-order valence-electron chi connectivity index (χ3n) is 3.19. The smallest absolute Gasteiger partial charge is 0.0239 e. The zero-order chi connectivity index (χ0) is 10.8. The van der Waals surface area contributed by atoms with E-state index in [2.05, 4.69) is 43.2 Å². The molecule has 0 atom stereocenters. The van der Waals surface area contributed by atoms with Crippen molar-refractivity contribution >= 4 is 11.8 Å². The summed E-state index contributed by atoms with van der Waals surface area (Å²) in [5, 5.41) is 0. The second-order valence-electron chi connectivity index (χ2n) is 4.45. The van der Waals surface area contributed by atoms with Gasteiger partial charge in [-0.25, -0.2) is 0 Å². The fraction of sp³-hybridized carbons (Fsp3) is 0.538. The van der Waals surface area contributed by atoms with Crippen molar-refractivity contribution in [1.82, 2.24) is 4.90 Å². The van der Waals surface area contributed by atoms with Gasteiger partial charge in [0.05, 0.1) is 0 Å². The molecule has 2 rings (SSSR count). The number of hydrogen-bond donors (Lipinski definition) is 0. The highest BCUT2D eigenvalue weighted by Gasteiger charge is 2.17. The van der Waals surface area contributed by atoms with Crippen molar-refractivity contribution in [2.75, 3.05) is 12.8 Å². The molecule has 1 nitrogen and oxygen atoms in total. The lowest BCUT2D eigenvalue weighted by Crippen LogP contribution is -2.35. The van der Waals surface area contributed by atoms with Crippen LogP contribution in [0.15, 0.2) is 23.1 Å². The van der Waals surface area contributed by atoms with Crippen LogP contribution in [-0.2, 0) is 13.0 Å². The largest absolute Gasteiger partial charge is 0.296 e. The number of hydrogen-bond acceptors (Lipinski definition) is 2. The Morgan fingerprint density at radius 2 is 2.07 bits per heavy atom. The van der Waals surface area contributed by atoms with Crippen LogP contribution in [0.1, 0.15) is 25.0 Å². The Hall–Kier alpha value is -0.470. The molecule has 0 N–H and O–H groups in total. The normalized spacial score (nSPS) is 16.8. The fourth-order valence-corrected chi connectivity index (χ4v) is 2.58. The van der Waals surface area contributed by atoms with Gasteiger partial charge in [0.1, 0.15) is 0 Å². The van der Waals surface area contributed by atoms with Gasteiger partial charge in [-0.15, -0.1) is 11.8 Å². The molecule has 0 radical (unpaired) electrons.